The molecule has 26 heavy (non-hydrogen) atoms. The number of rotatable bonds is 8. The predicted octanol–water partition coefficient (Wildman–Crippen LogP) is 2.17. The predicted molar refractivity (Wildman–Crippen MR) is 101 cm³/mol. The molecule has 6 nitrogen and oxygen atoms in total. The summed E-state index contributed by atoms with van der Waals surface area (Å²) in [5.74, 6) is -0.722. The number of hydrogen-bond donors (Lipinski definition) is 2. The van der Waals surface area contributed by atoms with E-state index in [9.17, 15) is 18.0 Å². The van der Waals surface area contributed by atoms with E-state index in [1.807, 2.05) is 12.1 Å². The van der Waals surface area contributed by atoms with E-state index in [1.165, 1.54) is 12.1 Å². The van der Waals surface area contributed by atoms with Crippen LogP contribution in [0.2, 0.25) is 0 Å². The van der Waals surface area contributed by atoms with Gasteiger partial charge in [0.25, 0.3) is 0 Å². The van der Waals surface area contributed by atoms with Gasteiger partial charge >= 0.3 is 0 Å². The topological polar surface area (TPSA) is 92.3 Å². The minimum atomic E-state index is -3.50. The second-order valence-corrected chi connectivity index (χ2v) is 7.87. The number of hydrogen-bond acceptors (Lipinski definition) is 4. The third-order valence-electron chi connectivity index (χ3n) is 3.89. The maximum atomic E-state index is 12.2. The lowest BCUT2D eigenvalue weighted by atomic mass is 10.1. The van der Waals surface area contributed by atoms with Crippen molar-refractivity contribution >= 4 is 27.3 Å². The molecular formula is C19H22N2O4S. The molecule has 7 heteroatoms. The Hall–Kier alpha value is -2.67. The van der Waals surface area contributed by atoms with E-state index in [-0.39, 0.29) is 28.9 Å². The third-order valence-corrected chi connectivity index (χ3v) is 5.62. The highest BCUT2D eigenvalue weighted by molar-refractivity contribution is 7.91. The van der Waals surface area contributed by atoms with E-state index in [0.717, 1.165) is 5.56 Å². The van der Waals surface area contributed by atoms with Gasteiger partial charge in [-0.25, -0.2) is 8.42 Å². The highest BCUT2D eigenvalue weighted by Crippen LogP contribution is 2.18. The number of sulfone groups is 1. The molecule has 2 rings (SSSR count). The summed E-state index contributed by atoms with van der Waals surface area (Å²) in [6.07, 6.45) is 0.658. The zero-order valence-electron chi connectivity index (χ0n) is 14.6. The Kier molecular flexibility index (Phi) is 6.91. The van der Waals surface area contributed by atoms with Crippen molar-refractivity contribution in [3.63, 3.8) is 0 Å². The van der Waals surface area contributed by atoms with E-state index in [2.05, 4.69) is 10.6 Å². The van der Waals surface area contributed by atoms with E-state index >= 15 is 0 Å². The Balaban J connectivity index is 1.97. The van der Waals surface area contributed by atoms with Crippen molar-refractivity contribution in [2.75, 3.05) is 18.1 Å². The number of nitrogens with one attached hydrogen (secondary N) is 2. The number of carbonyl (C=O) groups excluding carboxylic acids is 2. The molecule has 0 spiro atoms. The van der Waals surface area contributed by atoms with Gasteiger partial charge in [0.2, 0.25) is 11.8 Å². The van der Waals surface area contributed by atoms with Gasteiger partial charge in [0.05, 0.1) is 10.6 Å². The molecule has 0 atom stereocenters. The largest absolute Gasteiger partial charge is 0.359 e. The first-order valence-electron chi connectivity index (χ1n) is 8.28. The maximum absolute atomic E-state index is 12.2. The van der Waals surface area contributed by atoms with Gasteiger partial charge in [-0.15, -0.1) is 0 Å². The molecule has 0 saturated carbocycles. The van der Waals surface area contributed by atoms with Gasteiger partial charge in [0.15, 0.2) is 9.84 Å². The fourth-order valence-electron chi connectivity index (χ4n) is 2.42. The Bertz CT molecular complexity index is 864. The van der Waals surface area contributed by atoms with Crippen LogP contribution in [0.3, 0.4) is 0 Å². The molecule has 2 N–H and O–H groups in total. The van der Waals surface area contributed by atoms with Gasteiger partial charge in [0, 0.05) is 25.6 Å². The van der Waals surface area contributed by atoms with Crippen LogP contribution in [0.5, 0.6) is 0 Å². The summed E-state index contributed by atoms with van der Waals surface area (Å²) in [4.78, 5) is 23.8. The van der Waals surface area contributed by atoms with Crippen molar-refractivity contribution in [2.24, 2.45) is 0 Å². The quantitative estimate of drug-likeness (QED) is 0.741. The third kappa shape index (κ3) is 5.70. The minimum Gasteiger partial charge on any atom is -0.359 e. The summed E-state index contributed by atoms with van der Waals surface area (Å²) >= 11 is 0. The van der Waals surface area contributed by atoms with Crippen LogP contribution in [-0.2, 0) is 25.8 Å². The standard InChI is InChI=1S/C19H22N2O4S/c1-20-18(22)12-11-15-7-5-6-10-17(15)21-19(23)13-14-26(24,25)16-8-3-2-4-9-16/h2-10H,11-14H2,1H3,(H,20,22)(H,21,23). The van der Waals surface area contributed by atoms with Crippen LogP contribution in [0.25, 0.3) is 0 Å². The SMILES string of the molecule is CNC(=O)CCc1ccccc1NC(=O)CCS(=O)(=O)c1ccccc1. The van der Waals surface area contributed by atoms with Crippen molar-refractivity contribution in [3.05, 3.63) is 60.2 Å². The average molecular weight is 374 g/mol. The number of amides is 2. The molecule has 0 aliphatic carbocycles. The number of para-hydroxylation sites is 1. The lowest BCUT2D eigenvalue weighted by Gasteiger charge is -2.11. The normalized spacial score (nSPS) is 11.0. The summed E-state index contributed by atoms with van der Waals surface area (Å²) in [7, 11) is -1.92. The molecule has 0 bridgehead atoms. The Morgan fingerprint density at radius 3 is 2.23 bits per heavy atom. The van der Waals surface area contributed by atoms with Crippen molar-refractivity contribution in [3.8, 4) is 0 Å². The summed E-state index contributed by atoms with van der Waals surface area (Å²) in [5.41, 5.74) is 1.42. The molecule has 0 aliphatic heterocycles. The number of benzene rings is 2. The Labute approximate surface area is 153 Å². The van der Waals surface area contributed by atoms with Crippen LogP contribution >= 0.6 is 0 Å². The highest BCUT2D eigenvalue weighted by atomic mass is 32.2. The molecule has 0 heterocycles. The van der Waals surface area contributed by atoms with Crippen LogP contribution in [-0.4, -0.2) is 33.0 Å². The molecule has 138 valence electrons. The van der Waals surface area contributed by atoms with Gasteiger partial charge in [-0.1, -0.05) is 36.4 Å². The summed E-state index contributed by atoms with van der Waals surface area (Å²) in [5, 5.41) is 5.30. The molecule has 0 radical (unpaired) electrons. The van der Waals surface area contributed by atoms with Gasteiger partial charge in [-0.05, 0) is 30.2 Å². The van der Waals surface area contributed by atoms with Crippen LogP contribution in [0, 0.1) is 0 Å². The first-order chi connectivity index (χ1) is 12.4. The van der Waals surface area contributed by atoms with Crippen LogP contribution in [0.4, 0.5) is 5.69 Å². The average Bonchev–Trinajstić information content (AvgIpc) is 2.66. The fourth-order valence-corrected chi connectivity index (χ4v) is 3.68. The van der Waals surface area contributed by atoms with E-state index < -0.39 is 9.84 Å². The molecule has 2 amide bonds. The van der Waals surface area contributed by atoms with Crippen molar-refractivity contribution in [2.45, 2.75) is 24.2 Å². The molecule has 0 fully saturated rings. The first kappa shape index (κ1) is 19.7. The Morgan fingerprint density at radius 2 is 1.54 bits per heavy atom. The highest BCUT2D eigenvalue weighted by Gasteiger charge is 2.16. The molecule has 0 aromatic heterocycles. The van der Waals surface area contributed by atoms with Crippen molar-refractivity contribution in [1.82, 2.24) is 5.32 Å². The van der Waals surface area contributed by atoms with Gasteiger partial charge < -0.3 is 10.6 Å². The molecule has 0 saturated heterocycles. The second-order valence-electron chi connectivity index (χ2n) is 5.76. The van der Waals surface area contributed by atoms with Crippen molar-refractivity contribution < 1.29 is 18.0 Å². The van der Waals surface area contributed by atoms with E-state index in [1.54, 1.807) is 37.4 Å². The molecule has 2 aromatic rings. The molecule has 0 aliphatic rings. The summed E-state index contributed by atoms with van der Waals surface area (Å²) in [6.45, 7) is 0. The lowest BCUT2D eigenvalue weighted by molar-refractivity contribution is -0.120. The lowest BCUT2D eigenvalue weighted by Crippen LogP contribution is -2.20. The summed E-state index contributed by atoms with van der Waals surface area (Å²) in [6, 6.07) is 15.2. The smallest absolute Gasteiger partial charge is 0.225 e. The Morgan fingerprint density at radius 1 is 0.885 bits per heavy atom. The zero-order valence-corrected chi connectivity index (χ0v) is 15.4. The number of aryl methyl sites for hydroxylation is 1. The van der Waals surface area contributed by atoms with Crippen LogP contribution < -0.4 is 10.6 Å². The van der Waals surface area contributed by atoms with Gasteiger partial charge in [-0.3, -0.25) is 9.59 Å². The fraction of sp³-hybridized carbons (Fsp3) is 0.263. The van der Waals surface area contributed by atoms with Gasteiger partial charge in [0.1, 0.15) is 0 Å². The molecular weight excluding hydrogens is 352 g/mol. The maximum Gasteiger partial charge on any atom is 0.225 e. The molecule has 0 unspecified atom stereocenters. The number of anilines is 1. The second kappa shape index (κ2) is 9.15. The minimum absolute atomic E-state index is 0.0833. The molecule has 2 aromatic carbocycles. The number of carbonyl (C=O) groups is 2. The van der Waals surface area contributed by atoms with E-state index in [0.29, 0.717) is 18.5 Å². The van der Waals surface area contributed by atoms with Crippen LogP contribution in [0.15, 0.2) is 59.5 Å². The van der Waals surface area contributed by atoms with E-state index in [4.69, 9.17) is 0 Å². The van der Waals surface area contributed by atoms with Crippen LogP contribution in [0.1, 0.15) is 18.4 Å². The summed E-state index contributed by atoms with van der Waals surface area (Å²) < 4.78 is 24.5. The van der Waals surface area contributed by atoms with Crippen molar-refractivity contribution in [1.29, 1.82) is 0 Å². The van der Waals surface area contributed by atoms with Gasteiger partial charge in [-0.2, -0.15) is 0 Å². The first-order valence-corrected chi connectivity index (χ1v) is 9.94. The monoisotopic (exact) mass is 374 g/mol. The zero-order chi connectivity index (χ0) is 19.0.